The topological polar surface area (TPSA) is 59.0 Å². The minimum absolute atomic E-state index is 0.157. The average molecular weight is 343 g/mol. The van der Waals surface area contributed by atoms with Crippen molar-refractivity contribution in [1.29, 1.82) is 0 Å². The SMILES string of the molecule is O=C(O)C1CCCN1C(c1ccc2c(c1)OCO2)c1ccccc1F. The smallest absolute Gasteiger partial charge is 0.320 e. The van der Waals surface area contributed by atoms with Crippen LogP contribution in [0.25, 0.3) is 0 Å². The highest BCUT2D eigenvalue weighted by Crippen LogP contribution is 2.40. The van der Waals surface area contributed by atoms with Gasteiger partial charge in [-0.15, -0.1) is 0 Å². The van der Waals surface area contributed by atoms with Crippen molar-refractivity contribution >= 4 is 5.97 Å². The number of rotatable bonds is 4. The van der Waals surface area contributed by atoms with Gasteiger partial charge in [0.1, 0.15) is 11.9 Å². The first-order chi connectivity index (χ1) is 12.1. The minimum Gasteiger partial charge on any atom is -0.480 e. The molecular weight excluding hydrogens is 325 g/mol. The number of aliphatic carboxylic acids is 1. The molecule has 2 aromatic carbocycles. The van der Waals surface area contributed by atoms with E-state index in [0.29, 0.717) is 30.0 Å². The summed E-state index contributed by atoms with van der Waals surface area (Å²) < 4.78 is 25.3. The molecule has 0 aliphatic carbocycles. The van der Waals surface area contributed by atoms with Gasteiger partial charge < -0.3 is 14.6 Å². The quantitative estimate of drug-likeness (QED) is 0.924. The normalized spacial score (nSPS) is 20.6. The Morgan fingerprint density at radius 1 is 1.20 bits per heavy atom. The number of halogens is 1. The Labute approximate surface area is 144 Å². The summed E-state index contributed by atoms with van der Waals surface area (Å²) in [5.41, 5.74) is 1.26. The van der Waals surface area contributed by atoms with Gasteiger partial charge in [0.05, 0.1) is 6.04 Å². The largest absolute Gasteiger partial charge is 0.480 e. The van der Waals surface area contributed by atoms with Gasteiger partial charge in [-0.1, -0.05) is 24.3 Å². The van der Waals surface area contributed by atoms with E-state index in [1.54, 1.807) is 24.3 Å². The Morgan fingerprint density at radius 3 is 2.80 bits per heavy atom. The van der Waals surface area contributed by atoms with Crippen LogP contribution in [0.2, 0.25) is 0 Å². The lowest BCUT2D eigenvalue weighted by atomic mass is 9.95. The van der Waals surface area contributed by atoms with Crippen molar-refractivity contribution in [2.45, 2.75) is 24.9 Å². The number of hydrogen-bond acceptors (Lipinski definition) is 4. The summed E-state index contributed by atoms with van der Waals surface area (Å²) in [7, 11) is 0. The number of ether oxygens (including phenoxy) is 2. The standard InChI is InChI=1S/C19H18FNO4/c20-14-5-2-1-4-13(14)18(21-9-3-6-15(21)19(22)23)12-7-8-16-17(10-12)25-11-24-16/h1-2,4-5,7-8,10,15,18H,3,6,9,11H2,(H,22,23). The lowest BCUT2D eigenvalue weighted by Gasteiger charge is -2.32. The number of likely N-dealkylation sites (tertiary alicyclic amines) is 1. The van der Waals surface area contributed by atoms with Crippen LogP contribution >= 0.6 is 0 Å². The summed E-state index contributed by atoms with van der Waals surface area (Å²) in [6, 6.07) is 10.9. The van der Waals surface area contributed by atoms with Crippen molar-refractivity contribution in [3.8, 4) is 11.5 Å². The Bertz CT molecular complexity index is 810. The first kappa shape index (κ1) is 15.9. The molecule has 2 aromatic rings. The number of carboxylic acids is 1. The monoisotopic (exact) mass is 343 g/mol. The van der Waals surface area contributed by atoms with Crippen molar-refractivity contribution < 1.29 is 23.8 Å². The van der Waals surface area contributed by atoms with E-state index in [2.05, 4.69) is 0 Å². The van der Waals surface area contributed by atoms with Gasteiger partial charge in [-0.25, -0.2) is 4.39 Å². The third-order valence-corrected chi connectivity index (χ3v) is 4.82. The van der Waals surface area contributed by atoms with Gasteiger partial charge in [0.25, 0.3) is 0 Å². The molecule has 1 fully saturated rings. The predicted octanol–water partition coefficient (Wildman–Crippen LogP) is 3.19. The molecule has 5 nitrogen and oxygen atoms in total. The summed E-state index contributed by atoms with van der Waals surface area (Å²) >= 11 is 0. The second kappa shape index (κ2) is 6.37. The highest BCUT2D eigenvalue weighted by atomic mass is 19.1. The molecule has 4 rings (SSSR count). The molecule has 0 spiro atoms. The molecule has 0 saturated carbocycles. The van der Waals surface area contributed by atoms with Crippen molar-refractivity contribution in [2.75, 3.05) is 13.3 Å². The molecule has 1 N–H and O–H groups in total. The fraction of sp³-hybridized carbons (Fsp3) is 0.316. The summed E-state index contributed by atoms with van der Waals surface area (Å²) in [4.78, 5) is 13.5. The number of hydrogen-bond donors (Lipinski definition) is 1. The molecule has 25 heavy (non-hydrogen) atoms. The zero-order valence-corrected chi connectivity index (χ0v) is 13.5. The van der Waals surface area contributed by atoms with Crippen LogP contribution in [0.15, 0.2) is 42.5 Å². The van der Waals surface area contributed by atoms with Gasteiger partial charge in [0.15, 0.2) is 11.5 Å². The van der Waals surface area contributed by atoms with Crippen LogP contribution in [0.4, 0.5) is 4.39 Å². The van der Waals surface area contributed by atoms with Gasteiger partial charge >= 0.3 is 5.97 Å². The maximum atomic E-state index is 14.6. The number of carboxylic acid groups (broad SMARTS) is 1. The summed E-state index contributed by atoms with van der Waals surface area (Å²) in [5, 5.41) is 9.57. The number of nitrogens with zero attached hydrogens (tertiary/aromatic N) is 1. The van der Waals surface area contributed by atoms with Gasteiger partial charge in [-0.05, 0) is 36.6 Å². The maximum absolute atomic E-state index is 14.6. The Kier molecular flexibility index (Phi) is 4.05. The molecule has 2 unspecified atom stereocenters. The summed E-state index contributed by atoms with van der Waals surface area (Å²) in [6.45, 7) is 0.759. The zero-order chi connectivity index (χ0) is 17.4. The summed E-state index contributed by atoms with van der Waals surface area (Å²) in [5.74, 6) is 0.0259. The molecule has 2 heterocycles. The lowest BCUT2D eigenvalue weighted by molar-refractivity contribution is -0.142. The van der Waals surface area contributed by atoms with E-state index in [-0.39, 0.29) is 12.6 Å². The minimum atomic E-state index is -0.875. The average Bonchev–Trinajstić information content (AvgIpc) is 3.25. The molecule has 0 bridgehead atoms. The van der Waals surface area contributed by atoms with E-state index in [9.17, 15) is 14.3 Å². The number of fused-ring (bicyclic) bond motifs is 1. The van der Waals surface area contributed by atoms with Crippen molar-refractivity contribution in [3.05, 3.63) is 59.4 Å². The van der Waals surface area contributed by atoms with E-state index in [4.69, 9.17) is 9.47 Å². The predicted molar refractivity (Wildman–Crippen MR) is 88.2 cm³/mol. The molecular formula is C19H18FNO4. The second-order valence-electron chi connectivity index (χ2n) is 6.27. The van der Waals surface area contributed by atoms with Crippen molar-refractivity contribution in [2.24, 2.45) is 0 Å². The van der Waals surface area contributed by atoms with E-state index < -0.39 is 18.1 Å². The lowest BCUT2D eigenvalue weighted by Crippen LogP contribution is -2.39. The van der Waals surface area contributed by atoms with Crippen LogP contribution in [0.1, 0.15) is 30.0 Å². The van der Waals surface area contributed by atoms with Crippen LogP contribution in [0.5, 0.6) is 11.5 Å². The van der Waals surface area contributed by atoms with Crippen LogP contribution in [-0.2, 0) is 4.79 Å². The van der Waals surface area contributed by atoms with E-state index in [1.165, 1.54) is 6.07 Å². The van der Waals surface area contributed by atoms with Crippen molar-refractivity contribution in [3.63, 3.8) is 0 Å². The highest BCUT2D eigenvalue weighted by Gasteiger charge is 2.38. The Morgan fingerprint density at radius 2 is 2.00 bits per heavy atom. The van der Waals surface area contributed by atoms with Gasteiger partial charge in [0.2, 0.25) is 6.79 Å². The van der Waals surface area contributed by atoms with Gasteiger partial charge in [-0.2, -0.15) is 0 Å². The molecule has 1 saturated heterocycles. The van der Waals surface area contributed by atoms with Gasteiger partial charge in [0, 0.05) is 12.1 Å². The van der Waals surface area contributed by atoms with Crippen LogP contribution < -0.4 is 9.47 Å². The summed E-state index contributed by atoms with van der Waals surface area (Å²) in [6.07, 6.45) is 1.33. The first-order valence-electron chi connectivity index (χ1n) is 8.27. The highest BCUT2D eigenvalue weighted by molar-refractivity contribution is 5.74. The molecule has 0 amide bonds. The van der Waals surface area contributed by atoms with E-state index in [0.717, 1.165) is 12.0 Å². The fourth-order valence-corrected chi connectivity index (χ4v) is 3.69. The number of benzene rings is 2. The molecule has 130 valence electrons. The molecule has 2 aliphatic rings. The van der Waals surface area contributed by atoms with E-state index >= 15 is 0 Å². The van der Waals surface area contributed by atoms with Crippen LogP contribution in [0, 0.1) is 5.82 Å². The van der Waals surface area contributed by atoms with E-state index in [1.807, 2.05) is 17.0 Å². The third kappa shape index (κ3) is 2.82. The third-order valence-electron chi connectivity index (χ3n) is 4.82. The fourth-order valence-electron chi connectivity index (χ4n) is 3.69. The molecule has 6 heteroatoms. The van der Waals surface area contributed by atoms with Crippen LogP contribution in [0.3, 0.4) is 0 Å². The Hall–Kier alpha value is -2.60. The van der Waals surface area contributed by atoms with Gasteiger partial charge in [-0.3, -0.25) is 9.69 Å². The molecule has 0 aromatic heterocycles. The Balaban J connectivity index is 1.82. The zero-order valence-electron chi connectivity index (χ0n) is 13.5. The molecule has 2 atom stereocenters. The number of carbonyl (C=O) groups is 1. The van der Waals surface area contributed by atoms with Crippen molar-refractivity contribution in [1.82, 2.24) is 4.90 Å². The maximum Gasteiger partial charge on any atom is 0.320 e. The molecule has 0 radical (unpaired) electrons. The second-order valence-corrected chi connectivity index (χ2v) is 6.27. The molecule has 2 aliphatic heterocycles. The van der Waals surface area contributed by atoms with Crippen LogP contribution in [-0.4, -0.2) is 35.4 Å². The first-order valence-corrected chi connectivity index (χ1v) is 8.27.